The third kappa shape index (κ3) is 3.23. The number of phenolic OH excluding ortho intramolecular Hbond substituents is 1. The Bertz CT molecular complexity index is 629. The van der Waals surface area contributed by atoms with E-state index in [1.165, 1.54) is 6.07 Å². The van der Waals surface area contributed by atoms with Gasteiger partial charge < -0.3 is 10.2 Å². The summed E-state index contributed by atoms with van der Waals surface area (Å²) in [6.07, 6.45) is 1.28. The molecule has 2 N–H and O–H groups in total. The van der Waals surface area contributed by atoms with Gasteiger partial charge in [-0.15, -0.1) is 0 Å². The molecule has 0 heterocycles. The maximum atomic E-state index is 10.8. The van der Waals surface area contributed by atoms with Gasteiger partial charge in [0.05, 0.1) is 0 Å². The molecule has 2 aromatic rings. The van der Waals surface area contributed by atoms with Crippen LogP contribution in [0.25, 0.3) is 11.1 Å². The molecule has 2 aromatic carbocycles. The first-order valence-corrected chi connectivity index (χ1v) is 6.19. The van der Waals surface area contributed by atoms with Crippen molar-refractivity contribution in [2.45, 2.75) is 12.8 Å². The Morgan fingerprint density at radius 2 is 1.80 bits per heavy atom. The molecular formula is C16H14O4. The summed E-state index contributed by atoms with van der Waals surface area (Å²) in [5, 5.41) is 18.5. The SMILES string of the molecule is O=Cc1ccc(O)c(-c2ccc(CCC(=O)O)cc2)c1. The number of hydrogen-bond donors (Lipinski definition) is 2. The topological polar surface area (TPSA) is 74.6 Å². The third-order valence-corrected chi connectivity index (χ3v) is 3.05. The quantitative estimate of drug-likeness (QED) is 0.819. The molecule has 0 fully saturated rings. The first-order chi connectivity index (χ1) is 9.60. The predicted molar refractivity (Wildman–Crippen MR) is 74.9 cm³/mol. The second-order valence-corrected chi connectivity index (χ2v) is 4.49. The smallest absolute Gasteiger partial charge is 0.303 e. The third-order valence-electron chi connectivity index (χ3n) is 3.05. The molecule has 0 saturated heterocycles. The summed E-state index contributed by atoms with van der Waals surface area (Å²) < 4.78 is 0. The lowest BCUT2D eigenvalue weighted by Crippen LogP contribution is -1.97. The molecule has 4 nitrogen and oxygen atoms in total. The summed E-state index contributed by atoms with van der Waals surface area (Å²) in [6, 6.07) is 11.9. The van der Waals surface area contributed by atoms with Crippen LogP contribution in [-0.4, -0.2) is 22.5 Å². The van der Waals surface area contributed by atoms with Gasteiger partial charge in [0.2, 0.25) is 0 Å². The molecule has 0 amide bonds. The number of carbonyl (C=O) groups is 2. The largest absolute Gasteiger partial charge is 0.507 e. The first-order valence-electron chi connectivity index (χ1n) is 6.19. The maximum Gasteiger partial charge on any atom is 0.303 e. The minimum atomic E-state index is -0.828. The lowest BCUT2D eigenvalue weighted by molar-refractivity contribution is -0.136. The molecule has 0 unspecified atom stereocenters. The van der Waals surface area contributed by atoms with Crippen molar-refractivity contribution in [3.8, 4) is 16.9 Å². The molecule has 0 radical (unpaired) electrons. The zero-order valence-corrected chi connectivity index (χ0v) is 10.7. The fraction of sp³-hybridized carbons (Fsp3) is 0.125. The van der Waals surface area contributed by atoms with Crippen LogP contribution in [-0.2, 0) is 11.2 Å². The molecule has 0 aliphatic heterocycles. The van der Waals surface area contributed by atoms with Gasteiger partial charge in [0.25, 0.3) is 0 Å². The van der Waals surface area contributed by atoms with Crippen LogP contribution in [0.5, 0.6) is 5.75 Å². The minimum Gasteiger partial charge on any atom is -0.507 e. The molecule has 20 heavy (non-hydrogen) atoms. The molecule has 4 heteroatoms. The van der Waals surface area contributed by atoms with Crippen molar-refractivity contribution in [3.05, 3.63) is 53.6 Å². The molecule has 0 aromatic heterocycles. The van der Waals surface area contributed by atoms with E-state index in [2.05, 4.69) is 0 Å². The van der Waals surface area contributed by atoms with E-state index in [0.717, 1.165) is 17.4 Å². The van der Waals surface area contributed by atoms with Crippen molar-refractivity contribution >= 4 is 12.3 Å². The number of aldehydes is 1. The Kier molecular flexibility index (Phi) is 4.15. The number of carboxylic acids is 1. The van der Waals surface area contributed by atoms with Gasteiger partial charge in [-0.25, -0.2) is 0 Å². The number of carboxylic acid groups (broad SMARTS) is 1. The van der Waals surface area contributed by atoms with Crippen LogP contribution >= 0.6 is 0 Å². The van der Waals surface area contributed by atoms with Crippen molar-refractivity contribution in [2.24, 2.45) is 0 Å². The lowest BCUT2D eigenvalue weighted by Gasteiger charge is -2.07. The number of aryl methyl sites for hydroxylation is 1. The molecule has 0 aliphatic carbocycles. The Morgan fingerprint density at radius 3 is 2.40 bits per heavy atom. The van der Waals surface area contributed by atoms with E-state index in [0.29, 0.717) is 17.5 Å². The van der Waals surface area contributed by atoms with E-state index in [4.69, 9.17) is 5.11 Å². The minimum absolute atomic E-state index is 0.0885. The highest BCUT2D eigenvalue weighted by Crippen LogP contribution is 2.30. The van der Waals surface area contributed by atoms with E-state index < -0.39 is 5.97 Å². The number of aromatic hydroxyl groups is 1. The standard InChI is InChI=1S/C16H14O4/c17-10-12-3-7-15(18)14(9-12)13-5-1-11(2-6-13)4-8-16(19)20/h1-3,5-7,9-10,18H,4,8H2,(H,19,20). The predicted octanol–water partition coefficient (Wildman–Crippen LogP) is 2.89. The fourth-order valence-electron chi connectivity index (χ4n) is 1.96. The van der Waals surface area contributed by atoms with E-state index in [9.17, 15) is 14.7 Å². The lowest BCUT2D eigenvalue weighted by atomic mass is 10.00. The Labute approximate surface area is 116 Å². The number of benzene rings is 2. The zero-order chi connectivity index (χ0) is 14.5. The number of aliphatic carboxylic acids is 1. The van der Waals surface area contributed by atoms with Crippen LogP contribution in [0, 0.1) is 0 Å². The van der Waals surface area contributed by atoms with Crippen LogP contribution in [0.15, 0.2) is 42.5 Å². The van der Waals surface area contributed by atoms with Gasteiger partial charge in [0, 0.05) is 17.5 Å². The summed E-state index contributed by atoms with van der Waals surface area (Å²) in [5.74, 6) is -0.723. The van der Waals surface area contributed by atoms with Gasteiger partial charge in [0.15, 0.2) is 0 Å². The number of rotatable bonds is 5. The van der Waals surface area contributed by atoms with Gasteiger partial charge in [-0.05, 0) is 35.7 Å². The normalized spacial score (nSPS) is 10.2. The zero-order valence-electron chi connectivity index (χ0n) is 10.7. The maximum absolute atomic E-state index is 10.8. The van der Waals surface area contributed by atoms with Gasteiger partial charge in [0.1, 0.15) is 12.0 Å². The van der Waals surface area contributed by atoms with Gasteiger partial charge in [-0.3, -0.25) is 9.59 Å². The second kappa shape index (κ2) is 6.02. The van der Waals surface area contributed by atoms with Crippen molar-refractivity contribution < 1.29 is 19.8 Å². The number of carbonyl (C=O) groups excluding carboxylic acids is 1. The Morgan fingerprint density at radius 1 is 1.10 bits per heavy atom. The summed E-state index contributed by atoms with van der Waals surface area (Å²) >= 11 is 0. The van der Waals surface area contributed by atoms with Crippen LogP contribution in [0.4, 0.5) is 0 Å². The monoisotopic (exact) mass is 270 g/mol. The summed E-state index contributed by atoms with van der Waals surface area (Å²) in [5.41, 5.74) is 2.78. The number of hydrogen-bond acceptors (Lipinski definition) is 3. The van der Waals surface area contributed by atoms with Crippen molar-refractivity contribution in [1.82, 2.24) is 0 Å². The second-order valence-electron chi connectivity index (χ2n) is 4.49. The van der Waals surface area contributed by atoms with Crippen molar-refractivity contribution in [3.63, 3.8) is 0 Å². The van der Waals surface area contributed by atoms with Gasteiger partial charge >= 0.3 is 5.97 Å². The van der Waals surface area contributed by atoms with Crippen molar-refractivity contribution in [1.29, 1.82) is 0 Å². The average Bonchev–Trinajstić information content (AvgIpc) is 2.46. The average molecular weight is 270 g/mol. The van der Waals surface area contributed by atoms with Crippen LogP contribution in [0.2, 0.25) is 0 Å². The van der Waals surface area contributed by atoms with Crippen LogP contribution < -0.4 is 0 Å². The molecular weight excluding hydrogens is 256 g/mol. The first kappa shape index (κ1) is 13.8. The summed E-state index contributed by atoms with van der Waals surface area (Å²) in [6.45, 7) is 0. The molecule has 0 atom stereocenters. The molecule has 0 bridgehead atoms. The number of phenols is 1. The van der Waals surface area contributed by atoms with Crippen LogP contribution in [0.3, 0.4) is 0 Å². The molecule has 0 spiro atoms. The Hall–Kier alpha value is -2.62. The molecule has 0 saturated carbocycles. The molecule has 2 rings (SSSR count). The highest BCUT2D eigenvalue weighted by molar-refractivity contribution is 5.81. The van der Waals surface area contributed by atoms with Crippen LogP contribution in [0.1, 0.15) is 22.3 Å². The van der Waals surface area contributed by atoms with E-state index in [1.807, 2.05) is 12.1 Å². The van der Waals surface area contributed by atoms with Gasteiger partial charge in [-0.1, -0.05) is 24.3 Å². The van der Waals surface area contributed by atoms with Crippen molar-refractivity contribution in [2.75, 3.05) is 0 Å². The summed E-state index contributed by atoms with van der Waals surface area (Å²) in [7, 11) is 0. The van der Waals surface area contributed by atoms with E-state index in [1.54, 1.807) is 24.3 Å². The van der Waals surface area contributed by atoms with E-state index in [-0.39, 0.29) is 12.2 Å². The van der Waals surface area contributed by atoms with E-state index >= 15 is 0 Å². The highest BCUT2D eigenvalue weighted by atomic mass is 16.4. The Balaban J connectivity index is 2.25. The highest BCUT2D eigenvalue weighted by Gasteiger charge is 2.06. The fourth-order valence-corrected chi connectivity index (χ4v) is 1.96. The van der Waals surface area contributed by atoms with Gasteiger partial charge in [-0.2, -0.15) is 0 Å². The molecule has 0 aliphatic rings. The molecule has 102 valence electrons. The summed E-state index contributed by atoms with van der Waals surface area (Å²) in [4.78, 5) is 21.3.